The van der Waals surface area contributed by atoms with Crippen LogP contribution in [-0.4, -0.2) is 74.6 Å². The van der Waals surface area contributed by atoms with Crippen LogP contribution in [0.5, 0.6) is 0 Å². The molecule has 2 heterocycles. The molecular weight excluding hydrogens is 446 g/mol. The molecule has 0 saturated carbocycles. The van der Waals surface area contributed by atoms with Crippen LogP contribution in [0.1, 0.15) is 34.7 Å². The second-order valence-corrected chi connectivity index (χ2v) is 11.4. The molecule has 0 bridgehead atoms. The summed E-state index contributed by atoms with van der Waals surface area (Å²) in [6, 6.07) is 8.24. The summed E-state index contributed by atoms with van der Waals surface area (Å²) in [7, 11) is -0.232. The number of nitrogens with one attached hydrogen (secondary N) is 1. The van der Waals surface area contributed by atoms with Crippen molar-refractivity contribution in [3.63, 3.8) is 0 Å². The van der Waals surface area contributed by atoms with Gasteiger partial charge in [-0.3, -0.25) is 9.79 Å². The quantitative estimate of drug-likeness (QED) is 0.566. The molecule has 10 heteroatoms. The van der Waals surface area contributed by atoms with Crippen LogP contribution < -0.4 is 5.32 Å². The fourth-order valence-electron chi connectivity index (χ4n) is 3.50. The van der Waals surface area contributed by atoms with E-state index in [0.29, 0.717) is 25.1 Å². The van der Waals surface area contributed by atoms with Gasteiger partial charge in [-0.1, -0.05) is 24.3 Å². The molecule has 1 aromatic heterocycles. The Balaban J connectivity index is 1.43. The van der Waals surface area contributed by atoms with Gasteiger partial charge in [0.2, 0.25) is 5.91 Å². The zero-order valence-electron chi connectivity index (χ0n) is 19.1. The Bertz CT molecular complexity index is 1080. The van der Waals surface area contributed by atoms with Gasteiger partial charge in [0.1, 0.15) is 5.84 Å². The number of aryl methyl sites for hydroxylation is 2. The summed E-state index contributed by atoms with van der Waals surface area (Å²) >= 11 is 1.18. The van der Waals surface area contributed by atoms with Gasteiger partial charge in [0.15, 0.2) is 4.21 Å². The first-order valence-corrected chi connectivity index (χ1v) is 13.0. The SMILES string of the molecule is Cc1nc(C)c(S(=O)(=O)N(C)CCCC(=O)N(C)CCc2ccc(C3=NCCN3)cc2)s1. The van der Waals surface area contributed by atoms with Gasteiger partial charge >= 0.3 is 0 Å². The number of aliphatic imine (C=N–C) groups is 1. The Labute approximate surface area is 194 Å². The van der Waals surface area contributed by atoms with E-state index in [1.807, 2.05) is 0 Å². The molecule has 1 aliphatic rings. The number of nitrogens with zero attached hydrogens (tertiary/aromatic N) is 4. The van der Waals surface area contributed by atoms with Crippen LogP contribution in [-0.2, 0) is 21.2 Å². The first-order chi connectivity index (χ1) is 15.2. The number of sulfonamides is 1. The maximum atomic E-state index is 12.7. The van der Waals surface area contributed by atoms with E-state index in [1.165, 1.54) is 15.6 Å². The number of thiazole rings is 1. The normalized spacial score (nSPS) is 13.8. The van der Waals surface area contributed by atoms with Crippen molar-refractivity contribution >= 4 is 33.1 Å². The predicted molar refractivity (Wildman–Crippen MR) is 128 cm³/mol. The fourth-order valence-corrected chi connectivity index (χ4v) is 6.38. The van der Waals surface area contributed by atoms with Crippen LogP contribution in [0, 0.1) is 13.8 Å². The lowest BCUT2D eigenvalue weighted by Crippen LogP contribution is -2.31. The van der Waals surface area contributed by atoms with Crippen LogP contribution >= 0.6 is 11.3 Å². The number of hydrogen-bond acceptors (Lipinski definition) is 7. The number of rotatable bonds is 10. The number of benzene rings is 1. The van der Waals surface area contributed by atoms with Crippen molar-refractivity contribution in [3.8, 4) is 0 Å². The summed E-state index contributed by atoms with van der Waals surface area (Å²) < 4.78 is 27.1. The Morgan fingerprint density at radius 3 is 2.47 bits per heavy atom. The second kappa shape index (κ2) is 10.5. The van der Waals surface area contributed by atoms with E-state index in [1.54, 1.807) is 32.8 Å². The number of amidine groups is 1. The molecule has 0 spiro atoms. The highest BCUT2D eigenvalue weighted by atomic mass is 32.2. The third kappa shape index (κ3) is 5.93. The van der Waals surface area contributed by atoms with E-state index < -0.39 is 10.0 Å². The number of likely N-dealkylation sites (N-methyl/N-ethyl adjacent to an activating group) is 1. The summed E-state index contributed by atoms with van der Waals surface area (Å²) in [6.07, 6.45) is 1.54. The molecule has 2 aromatic rings. The Kier molecular flexibility index (Phi) is 8.02. The molecule has 1 amide bonds. The molecule has 0 radical (unpaired) electrons. The molecule has 0 saturated heterocycles. The van der Waals surface area contributed by atoms with Crippen molar-refractivity contribution < 1.29 is 13.2 Å². The lowest BCUT2D eigenvalue weighted by atomic mass is 10.1. The molecule has 3 rings (SSSR count). The number of amides is 1. The minimum absolute atomic E-state index is 0.0155. The van der Waals surface area contributed by atoms with E-state index >= 15 is 0 Å². The van der Waals surface area contributed by atoms with Crippen molar-refractivity contribution in [1.82, 2.24) is 19.5 Å². The lowest BCUT2D eigenvalue weighted by molar-refractivity contribution is -0.130. The van der Waals surface area contributed by atoms with Crippen molar-refractivity contribution in [2.45, 2.75) is 37.3 Å². The lowest BCUT2D eigenvalue weighted by Gasteiger charge is -2.19. The van der Waals surface area contributed by atoms with Crippen LogP contribution in [0.3, 0.4) is 0 Å². The van der Waals surface area contributed by atoms with Gasteiger partial charge in [-0.05, 0) is 32.3 Å². The largest absolute Gasteiger partial charge is 0.368 e. The van der Waals surface area contributed by atoms with E-state index in [-0.39, 0.29) is 16.7 Å². The van der Waals surface area contributed by atoms with Gasteiger partial charge in [0, 0.05) is 45.7 Å². The first-order valence-electron chi connectivity index (χ1n) is 10.7. The summed E-state index contributed by atoms with van der Waals surface area (Å²) in [5.74, 6) is 0.957. The summed E-state index contributed by atoms with van der Waals surface area (Å²) in [5, 5.41) is 3.99. The van der Waals surface area contributed by atoms with E-state index in [2.05, 4.69) is 39.6 Å². The molecule has 0 fully saturated rings. The fraction of sp³-hybridized carbons (Fsp3) is 0.500. The molecule has 1 N–H and O–H groups in total. The van der Waals surface area contributed by atoms with Crippen molar-refractivity contribution in [2.75, 3.05) is 40.3 Å². The number of aromatic nitrogens is 1. The van der Waals surface area contributed by atoms with E-state index in [0.717, 1.165) is 41.5 Å². The molecule has 174 valence electrons. The second-order valence-electron chi connectivity index (χ2n) is 7.96. The maximum Gasteiger partial charge on any atom is 0.254 e. The monoisotopic (exact) mass is 477 g/mol. The van der Waals surface area contributed by atoms with E-state index in [9.17, 15) is 13.2 Å². The minimum Gasteiger partial charge on any atom is -0.368 e. The molecule has 0 unspecified atom stereocenters. The highest BCUT2D eigenvalue weighted by Crippen LogP contribution is 2.25. The Morgan fingerprint density at radius 1 is 1.16 bits per heavy atom. The number of carbonyl (C=O) groups excluding carboxylic acids is 1. The highest BCUT2D eigenvalue weighted by molar-refractivity contribution is 7.91. The third-order valence-electron chi connectivity index (χ3n) is 5.43. The van der Waals surface area contributed by atoms with Gasteiger partial charge < -0.3 is 10.2 Å². The first kappa shape index (κ1) is 24.3. The van der Waals surface area contributed by atoms with Crippen molar-refractivity contribution in [3.05, 3.63) is 46.1 Å². The van der Waals surface area contributed by atoms with Crippen molar-refractivity contribution in [2.24, 2.45) is 4.99 Å². The van der Waals surface area contributed by atoms with Crippen LogP contribution in [0.2, 0.25) is 0 Å². The highest BCUT2D eigenvalue weighted by Gasteiger charge is 2.26. The molecule has 0 aliphatic carbocycles. The zero-order valence-corrected chi connectivity index (χ0v) is 20.7. The molecule has 1 aromatic carbocycles. The minimum atomic E-state index is -3.57. The van der Waals surface area contributed by atoms with Gasteiger partial charge in [-0.25, -0.2) is 17.7 Å². The molecular formula is C22H31N5O3S2. The average molecular weight is 478 g/mol. The number of carbonyl (C=O) groups is 1. The maximum absolute atomic E-state index is 12.7. The van der Waals surface area contributed by atoms with Gasteiger partial charge in [-0.15, -0.1) is 11.3 Å². The summed E-state index contributed by atoms with van der Waals surface area (Å²) in [5.41, 5.74) is 2.77. The van der Waals surface area contributed by atoms with Crippen molar-refractivity contribution in [1.29, 1.82) is 0 Å². The smallest absolute Gasteiger partial charge is 0.254 e. The zero-order chi connectivity index (χ0) is 23.3. The third-order valence-corrected chi connectivity index (χ3v) is 8.95. The predicted octanol–water partition coefficient (Wildman–Crippen LogP) is 2.21. The Morgan fingerprint density at radius 2 is 1.88 bits per heavy atom. The van der Waals surface area contributed by atoms with E-state index in [4.69, 9.17) is 0 Å². The summed E-state index contributed by atoms with van der Waals surface area (Å²) in [6.45, 7) is 6.10. The topological polar surface area (TPSA) is 95.0 Å². The van der Waals surface area contributed by atoms with Gasteiger partial charge in [-0.2, -0.15) is 0 Å². The molecule has 32 heavy (non-hydrogen) atoms. The molecule has 0 atom stereocenters. The standard InChI is InChI=1S/C22H31N5O3S2/c1-16-22(31-17(2)25-16)32(29,30)27(4)14-5-6-20(28)26(3)15-11-18-7-9-19(10-8-18)21-23-12-13-24-21/h7-10H,5-6,11-15H2,1-4H3,(H,23,24). The van der Waals surface area contributed by atoms with Gasteiger partial charge in [0.05, 0.1) is 17.2 Å². The van der Waals surface area contributed by atoms with Gasteiger partial charge in [0.25, 0.3) is 10.0 Å². The Hall–Kier alpha value is -2.30. The average Bonchev–Trinajstić information content (AvgIpc) is 3.42. The summed E-state index contributed by atoms with van der Waals surface area (Å²) in [4.78, 5) is 22.8. The number of hydrogen-bond donors (Lipinski definition) is 1. The van der Waals surface area contributed by atoms with Crippen LogP contribution in [0.15, 0.2) is 33.5 Å². The molecule has 1 aliphatic heterocycles. The van der Waals surface area contributed by atoms with Crippen LogP contribution in [0.4, 0.5) is 0 Å². The van der Waals surface area contributed by atoms with Crippen LogP contribution in [0.25, 0.3) is 0 Å². The molecule has 8 nitrogen and oxygen atoms in total.